The van der Waals surface area contributed by atoms with Crippen molar-refractivity contribution in [3.8, 4) is 17.1 Å². The Balaban J connectivity index is 1.61. The number of nitrogens with one attached hydrogen (secondary N) is 2. The molecule has 0 aliphatic rings. The summed E-state index contributed by atoms with van der Waals surface area (Å²) in [6, 6.07) is 14.6. The first-order valence-corrected chi connectivity index (χ1v) is 9.04. The number of H-pyrrole nitrogens is 1. The van der Waals surface area contributed by atoms with Gasteiger partial charge in [0.05, 0.1) is 30.1 Å². The highest BCUT2D eigenvalue weighted by atomic mass is 35.5. The lowest BCUT2D eigenvalue weighted by atomic mass is 10.2. The van der Waals surface area contributed by atoms with E-state index in [1.807, 2.05) is 49.4 Å². The number of nitrogens with zero attached hydrogens (tertiary/aromatic N) is 3. The molecule has 0 atom stereocenters. The predicted molar refractivity (Wildman–Crippen MR) is 109 cm³/mol. The summed E-state index contributed by atoms with van der Waals surface area (Å²) in [6.07, 6.45) is 0. The number of ether oxygens (including phenoxy) is 1. The van der Waals surface area contributed by atoms with Gasteiger partial charge in [-0.3, -0.25) is 9.89 Å². The molecule has 2 N–H and O–H groups in total. The molecule has 0 saturated carbocycles. The SMILES string of the molecule is COc1ccc(-c2nc3nc(CNc4ccc(C)cc4Cl)cc(=O)n3[nH]2)cc1. The lowest BCUT2D eigenvalue weighted by Crippen LogP contribution is -2.17. The average Bonchev–Trinajstić information content (AvgIpc) is 3.12. The van der Waals surface area contributed by atoms with Gasteiger partial charge in [-0.1, -0.05) is 17.7 Å². The third kappa shape index (κ3) is 3.57. The fraction of sp³-hybridized carbons (Fsp3) is 0.150. The third-order valence-electron chi connectivity index (χ3n) is 4.33. The Labute approximate surface area is 166 Å². The van der Waals surface area contributed by atoms with Crippen molar-refractivity contribution in [3.63, 3.8) is 0 Å². The van der Waals surface area contributed by atoms with Gasteiger partial charge in [0.15, 0.2) is 5.82 Å². The summed E-state index contributed by atoms with van der Waals surface area (Å²) in [6.45, 7) is 2.34. The summed E-state index contributed by atoms with van der Waals surface area (Å²) in [5.74, 6) is 1.61. The van der Waals surface area contributed by atoms with E-state index in [2.05, 4.69) is 20.4 Å². The van der Waals surface area contributed by atoms with Crippen LogP contribution >= 0.6 is 11.6 Å². The monoisotopic (exact) mass is 395 g/mol. The summed E-state index contributed by atoms with van der Waals surface area (Å²) in [5, 5.41) is 6.81. The Morgan fingerprint density at radius 1 is 1.14 bits per heavy atom. The highest BCUT2D eigenvalue weighted by Crippen LogP contribution is 2.23. The minimum absolute atomic E-state index is 0.232. The second-order valence-corrected chi connectivity index (χ2v) is 6.77. The molecule has 8 heteroatoms. The molecule has 0 unspecified atom stereocenters. The largest absolute Gasteiger partial charge is 0.497 e. The smallest absolute Gasteiger partial charge is 0.274 e. The van der Waals surface area contributed by atoms with E-state index < -0.39 is 0 Å². The van der Waals surface area contributed by atoms with E-state index in [9.17, 15) is 4.79 Å². The van der Waals surface area contributed by atoms with Gasteiger partial charge < -0.3 is 10.1 Å². The molecule has 2 heterocycles. The maximum absolute atomic E-state index is 12.4. The first kappa shape index (κ1) is 18.1. The maximum atomic E-state index is 12.4. The highest BCUT2D eigenvalue weighted by Gasteiger charge is 2.10. The molecule has 7 nitrogen and oxygen atoms in total. The van der Waals surface area contributed by atoms with Crippen molar-refractivity contribution in [2.24, 2.45) is 0 Å². The average molecular weight is 396 g/mol. The zero-order chi connectivity index (χ0) is 19.7. The van der Waals surface area contributed by atoms with Crippen LogP contribution in [0.5, 0.6) is 5.75 Å². The van der Waals surface area contributed by atoms with Crippen LogP contribution in [0.1, 0.15) is 11.3 Å². The van der Waals surface area contributed by atoms with Crippen LogP contribution in [0.2, 0.25) is 5.02 Å². The number of hydrogen-bond donors (Lipinski definition) is 2. The second-order valence-electron chi connectivity index (χ2n) is 6.36. The fourth-order valence-electron chi connectivity index (χ4n) is 2.85. The van der Waals surface area contributed by atoms with Crippen molar-refractivity contribution in [3.05, 3.63) is 75.2 Å². The Bertz CT molecular complexity index is 1200. The molecule has 0 fully saturated rings. The fourth-order valence-corrected chi connectivity index (χ4v) is 3.15. The molecule has 0 bridgehead atoms. The quantitative estimate of drug-likeness (QED) is 0.538. The van der Waals surface area contributed by atoms with E-state index in [1.54, 1.807) is 7.11 Å². The summed E-state index contributed by atoms with van der Waals surface area (Å²) in [5.41, 5.74) is 3.04. The zero-order valence-corrected chi connectivity index (χ0v) is 16.1. The first-order chi connectivity index (χ1) is 13.5. The van der Waals surface area contributed by atoms with Crippen molar-refractivity contribution in [2.75, 3.05) is 12.4 Å². The molecule has 4 aromatic rings. The van der Waals surface area contributed by atoms with Gasteiger partial charge in [-0.25, -0.2) is 4.98 Å². The third-order valence-corrected chi connectivity index (χ3v) is 4.64. The van der Waals surface area contributed by atoms with Crippen LogP contribution in [-0.4, -0.2) is 26.7 Å². The second kappa shape index (κ2) is 7.36. The highest BCUT2D eigenvalue weighted by molar-refractivity contribution is 6.33. The molecule has 2 aromatic carbocycles. The Morgan fingerprint density at radius 3 is 2.64 bits per heavy atom. The topological polar surface area (TPSA) is 84.3 Å². The minimum Gasteiger partial charge on any atom is -0.497 e. The van der Waals surface area contributed by atoms with Crippen molar-refractivity contribution in [1.29, 1.82) is 0 Å². The minimum atomic E-state index is -0.232. The molecule has 0 radical (unpaired) electrons. The molecule has 0 aliphatic carbocycles. The van der Waals surface area contributed by atoms with Crippen molar-refractivity contribution in [2.45, 2.75) is 13.5 Å². The van der Waals surface area contributed by atoms with Crippen molar-refractivity contribution < 1.29 is 4.74 Å². The number of fused-ring (bicyclic) bond motifs is 1. The molecule has 0 aliphatic heterocycles. The Morgan fingerprint density at radius 2 is 1.93 bits per heavy atom. The van der Waals surface area contributed by atoms with Crippen LogP contribution < -0.4 is 15.6 Å². The van der Waals surface area contributed by atoms with E-state index in [-0.39, 0.29) is 5.56 Å². The number of aromatic amines is 1. The number of aromatic nitrogens is 4. The van der Waals surface area contributed by atoms with Gasteiger partial charge in [0.25, 0.3) is 11.3 Å². The standard InChI is InChI=1S/C20H18ClN5O2/c1-12-3-8-17(16(21)9-12)22-11-14-10-18(27)26-20(23-14)24-19(25-26)13-4-6-15(28-2)7-5-13/h3-10,22H,11H2,1-2H3,(H,23,24,25). The van der Waals surface area contributed by atoms with Crippen LogP contribution in [0.4, 0.5) is 5.69 Å². The lowest BCUT2D eigenvalue weighted by Gasteiger charge is -2.08. The number of hydrogen-bond acceptors (Lipinski definition) is 5. The van der Waals surface area contributed by atoms with Gasteiger partial charge in [0, 0.05) is 11.6 Å². The van der Waals surface area contributed by atoms with Gasteiger partial charge in [0.1, 0.15) is 5.75 Å². The van der Waals surface area contributed by atoms with E-state index in [1.165, 1.54) is 10.6 Å². The first-order valence-electron chi connectivity index (χ1n) is 8.66. The summed E-state index contributed by atoms with van der Waals surface area (Å²) >= 11 is 6.24. The van der Waals surface area contributed by atoms with Crippen LogP contribution in [0.25, 0.3) is 17.2 Å². The van der Waals surface area contributed by atoms with Gasteiger partial charge in [-0.15, -0.1) is 0 Å². The molecule has 28 heavy (non-hydrogen) atoms. The number of rotatable bonds is 5. The zero-order valence-electron chi connectivity index (χ0n) is 15.4. The molecular weight excluding hydrogens is 378 g/mol. The number of halogens is 1. The maximum Gasteiger partial charge on any atom is 0.274 e. The number of methoxy groups -OCH3 is 1. The molecule has 4 rings (SSSR count). The van der Waals surface area contributed by atoms with Crippen LogP contribution in [0.3, 0.4) is 0 Å². The van der Waals surface area contributed by atoms with E-state index in [0.717, 1.165) is 22.6 Å². The molecule has 142 valence electrons. The molecule has 2 aromatic heterocycles. The normalized spacial score (nSPS) is 11.0. The van der Waals surface area contributed by atoms with Crippen molar-refractivity contribution >= 4 is 23.1 Å². The van der Waals surface area contributed by atoms with E-state index in [4.69, 9.17) is 16.3 Å². The number of anilines is 1. The van der Waals surface area contributed by atoms with Crippen LogP contribution in [-0.2, 0) is 6.54 Å². The number of aryl methyl sites for hydroxylation is 1. The van der Waals surface area contributed by atoms with Crippen LogP contribution in [0, 0.1) is 6.92 Å². The lowest BCUT2D eigenvalue weighted by molar-refractivity contribution is 0.415. The molecule has 0 amide bonds. The predicted octanol–water partition coefficient (Wildman–Crippen LogP) is 3.67. The molecule has 0 saturated heterocycles. The molecular formula is C20H18ClN5O2. The van der Waals surface area contributed by atoms with Gasteiger partial charge in [-0.05, 0) is 48.9 Å². The van der Waals surface area contributed by atoms with Crippen LogP contribution in [0.15, 0.2) is 53.3 Å². The number of benzene rings is 2. The van der Waals surface area contributed by atoms with Crippen molar-refractivity contribution in [1.82, 2.24) is 19.6 Å². The summed E-state index contributed by atoms with van der Waals surface area (Å²) in [7, 11) is 1.61. The van der Waals surface area contributed by atoms with Gasteiger partial charge in [0.2, 0.25) is 0 Å². The van der Waals surface area contributed by atoms with E-state index in [0.29, 0.717) is 28.9 Å². The van der Waals surface area contributed by atoms with Gasteiger partial charge >= 0.3 is 0 Å². The summed E-state index contributed by atoms with van der Waals surface area (Å²) in [4.78, 5) is 21.4. The van der Waals surface area contributed by atoms with E-state index >= 15 is 0 Å². The molecule has 0 spiro atoms. The Hall–Kier alpha value is -3.32. The Kier molecular flexibility index (Phi) is 4.75. The van der Waals surface area contributed by atoms with Gasteiger partial charge in [-0.2, -0.15) is 9.50 Å². The summed E-state index contributed by atoms with van der Waals surface area (Å²) < 4.78 is 6.48.